The Balaban J connectivity index is 3.85. The summed E-state index contributed by atoms with van der Waals surface area (Å²) in [6.45, 7) is 10.9. The minimum Gasteiger partial charge on any atom is -0.303 e. The summed E-state index contributed by atoms with van der Waals surface area (Å²) in [5.41, 5.74) is 0. The van der Waals surface area contributed by atoms with Crippen molar-refractivity contribution >= 4 is 0 Å². The van der Waals surface area contributed by atoms with Gasteiger partial charge in [-0.15, -0.1) is 0 Å². The number of hydrogen-bond donors (Lipinski definition) is 0. The van der Waals surface area contributed by atoms with Crippen LogP contribution in [0, 0.1) is 0 Å². The third kappa shape index (κ3) is 22.0. The third-order valence-electron chi connectivity index (χ3n) is 5.87. The van der Waals surface area contributed by atoms with E-state index in [-0.39, 0.29) is 0 Å². The Morgan fingerprint density at radius 1 is 0.393 bits per heavy atom. The second-order valence-corrected chi connectivity index (χ2v) is 8.84. The Bertz CT molecular complexity index is 279. The molecule has 0 N–H and O–H groups in total. The van der Waals surface area contributed by atoms with E-state index in [4.69, 9.17) is 0 Å². The smallest absolute Gasteiger partial charge is 0.00186 e. The molecule has 168 valence electrons. The summed E-state index contributed by atoms with van der Waals surface area (Å²) in [7, 11) is 0. The molecule has 28 heavy (non-hydrogen) atoms. The van der Waals surface area contributed by atoms with Gasteiger partial charge in [0.15, 0.2) is 0 Å². The van der Waals surface area contributed by atoms with Crippen molar-refractivity contribution in [3.05, 3.63) is 12.2 Å². The molecule has 0 fully saturated rings. The molecule has 0 bridgehead atoms. The molecule has 0 aromatic heterocycles. The predicted octanol–water partition coefficient (Wildman–Crippen LogP) is 9.32. The lowest BCUT2D eigenvalue weighted by atomic mass is 10.1. The molecular weight excluding hydrogens is 338 g/mol. The van der Waals surface area contributed by atoms with Crippen LogP contribution in [0.4, 0.5) is 0 Å². The molecule has 0 saturated carbocycles. The van der Waals surface area contributed by atoms with E-state index >= 15 is 0 Å². The zero-order valence-electron chi connectivity index (χ0n) is 20.2. The molecule has 0 aromatic rings. The Morgan fingerprint density at radius 3 is 1.25 bits per heavy atom. The molecule has 0 rings (SSSR count). The first-order valence-corrected chi connectivity index (χ1v) is 13.2. The van der Waals surface area contributed by atoms with Crippen LogP contribution >= 0.6 is 0 Å². The molecule has 0 aliphatic heterocycles. The number of hydrogen-bond acceptors (Lipinski definition) is 1. The summed E-state index contributed by atoms with van der Waals surface area (Å²) in [5, 5.41) is 0. The largest absolute Gasteiger partial charge is 0.303 e. The molecule has 0 amide bonds. The summed E-state index contributed by atoms with van der Waals surface area (Å²) in [4.78, 5) is 2.79. The molecular formula is C27H55N. The van der Waals surface area contributed by atoms with E-state index in [0.29, 0.717) is 0 Å². The minimum atomic E-state index is 1.25. The second-order valence-electron chi connectivity index (χ2n) is 8.84. The molecule has 0 atom stereocenters. The maximum atomic E-state index is 2.79. The second kappa shape index (κ2) is 24.7. The average molecular weight is 394 g/mol. The normalized spacial score (nSPS) is 11.9. The molecule has 1 nitrogen and oxygen atoms in total. The fraction of sp³-hybridized carbons (Fsp3) is 0.926. The van der Waals surface area contributed by atoms with Crippen molar-refractivity contribution in [2.45, 2.75) is 143 Å². The summed E-state index contributed by atoms with van der Waals surface area (Å²) >= 11 is 0. The van der Waals surface area contributed by atoms with Crippen LogP contribution in [0.15, 0.2) is 12.2 Å². The summed E-state index contributed by atoms with van der Waals surface area (Å²) in [6.07, 6.45) is 31.3. The highest BCUT2D eigenvalue weighted by Crippen LogP contribution is 2.11. The van der Waals surface area contributed by atoms with Gasteiger partial charge in [0, 0.05) is 0 Å². The molecule has 0 aliphatic rings. The minimum absolute atomic E-state index is 1.25. The topological polar surface area (TPSA) is 3.24 Å². The molecule has 0 radical (unpaired) electrons. The van der Waals surface area contributed by atoms with Gasteiger partial charge in [0.05, 0.1) is 0 Å². The molecule has 1 heteroatoms. The number of unbranched alkanes of at least 4 members (excludes halogenated alkanes) is 15. The lowest BCUT2D eigenvalue weighted by Crippen LogP contribution is -2.27. The Morgan fingerprint density at radius 2 is 0.786 bits per heavy atom. The van der Waals surface area contributed by atoms with E-state index in [2.05, 4.69) is 37.8 Å². The lowest BCUT2D eigenvalue weighted by Gasteiger charge is -2.22. The van der Waals surface area contributed by atoms with E-state index < -0.39 is 0 Å². The first-order valence-electron chi connectivity index (χ1n) is 13.2. The van der Waals surface area contributed by atoms with Crippen molar-refractivity contribution in [3.8, 4) is 0 Å². The molecule has 0 spiro atoms. The first kappa shape index (κ1) is 27.7. The molecule has 0 aliphatic carbocycles. The van der Waals surface area contributed by atoms with Crippen molar-refractivity contribution in [1.29, 1.82) is 0 Å². The van der Waals surface area contributed by atoms with Gasteiger partial charge in [0.1, 0.15) is 0 Å². The molecule has 0 aromatic carbocycles. The van der Waals surface area contributed by atoms with E-state index in [9.17, 15) is 0 Å². The zero-order valence-corrected chi connectivity index (χ0v) is 20.2. The van der Waals surface area contributed by atoms with Gasteiger partial charge < -0.3 is 4.90 Å². The average Bonchev–Trinajstić information content (AvgIpc) is 2.71. The van der Waals surface area contributed by atoms with Gasteiger partial charge >= 0.3 is 0 Å². The highest BCUT2D eigenvalue weighted by Gasteiger charge is 2.04. The fourth-order valence-corrected chi connectivity index (χ4v) is 3.92. The van der Waals surface area contributed by atoms with Crippen molar-refractivity contribution in [2.24, 2.45) is 0 Å². The summed E-state index contributed by atoms with van der Waals surface area (Å²) < 4.78 is 0. The summed E-state index contributed by atoms with van der Waals surface area (Å²) in [6, 6.07) is 0. The van der Waals surface area contributed by atoms with E-state index in [1.165, 1.54) is 142 Å². The van der Waals surface area contributed by atoms with Gasteiger partial charge in [0.25, 0.3) is 0 Å². The Hall–Kier alpha value is -0.300. The fourth-order valence-electron chi connectivity index (χ4n) is 3.92. The van der Waals surface area contributed by atoms with Crippen LogP contribution in [0.3, 0.4) is 0 Å². The highest BCUT2D eigenvalue weighted by atomic mass is 15.1. The Labute approximate surface area is 179 Å². The van der Waals surface area contributed by atoms with E-state index in [1.807, 2.05) is 0 Å². The van der Waals surface area contributed by atoms with Crippen LogP contribution in [0.1, 0.15) is 143 Å². The summed E-state index contributed by atoms with van der Waals surface area (Å²) in [5.74, 6) is 0. The predicted molar refractivity (Wildman–Crippen MR) is 130 cm³/mol. The molecule has 0 saturated heterocycles. The van der Waals surface area contributed by atoms with Crippen molar-refractivity contribution in [3.63, 3.8) is 0 Å². The van der Waals surface area contributed by atoms with Crippen LogP contribution in [-0.4, -0.2) is 24.5 Å². The lowest BCUT2D eigenvalue weighted by molar-refractivity contribution is 0.255. The number of nitrogens with zero attached hydrogens (tertiary/aromatic N) is 1. The van der Waals surface area contributed by atoms with Crippen LogP contribution in [0.5, 0.6) is 0 Å². The van der Waals surface area contributed by atoms with Gasteiger partial charge in [0.2, 0.25) is 0 Å². The number of rotatable bonds is 23. The van der Waals surface area contributed by atoms with Crippen LogP contribution in [-0.2, 0) is 0 Å². The van der Waals surface area contributed by atoms with Gasteiger partial charge in [-0.25, -0.2) is 0 Å². The van der Waals surface area contributed by atoms with Gasteiger partial charge in [-0.2, -0.15) is 0 Å². The van der Waals surface area contributed by atoms with Crippen molar-refractivity contribution < 1.29 is 0 Å². The van der Waals surface area contributed by atoms with Gasteiger partial charge in [-0.05, 0) is 58.2 Å². The Kier molecular flexibility index (Phi) is 24.5. The monoisotopic (exact) mass is 393 g/mol. The third-order valence-corrected chi connectivity index (χ3v) is 5.87. The van der Waals surface area contributed by atoms with Gasteiger partial charge in [-0.1, -0.05) is 116 Å². The standard InChI is InChI=1S/C27H55N/c1-4-7-10-13-16-19-22-25-28(26-23-20-17-14-11-8-5-2)27-24-21-18-15-12-9-6-3/h10,13H,4-9,11-12,14-27H2,1-3H3/b13-10+. The molecule has 0 unspecified atom stereocenters. The van der Waals surface area contributed by atoms with Crippen LogP contribution in [0.25, 0.3) is 0 Å². The SMILES string of the molecule is CCC/C=C/CCCCN(CCCCCCCCC)CCCCCCCCC. The zero-order chi connectivity index (χ0) is 20.5. The molecule has 0 heterocycles. The highest BCUT2D eigenvalue weighted by molar-refractivity contribution is 4.80. The van der Waals surface area contributed by atoms with Crippen molar-refractivity contribution in [1.82, 2.24) is 4.90 Å². The van der Waals surface area contributed by atoms with Crippen LogP contribution < -0.4 is 0 Å². The van der Waals surface area contributed by atoms with Crippen LogP contribution in [0.2, 0.25) is 0 Å². The maximum absolute atomic E-state index is 2.79. The van der Waals surface area contributed by atoms with E-state index in [1.54, 1.807) is 0 Å². The quantitative estimate of drug-likeness (QED) is 0.123. The van der Waals surface area contributed by atoms with Crippen molar-refractivity contribution in [2.75, 3.05) is 19.6 Å². The maximum Gasteiger partial charge on any atom is -0.00186 e. The van der Waals surface area contributed by atoms with E-state index in [0.717, 1.165) is 0 Å². The van der Waals surface area contributed by atoms with Gasteiger partial charge in [-0.3, -0.25) is 0 Å². The number of allylic oxidation sites excluding steroid dienone is 2. The first-order chi connectivity index (χ1) is 13.8.